The minimum Gasteiger partial charge on any atom is -0.491 e. The molecule has 0 radical (unpaired) electrons. The molecule has 0 aliphatic carbocycles. The van der Waals surface area contributed by atoms with E-state index in [1.165, 1.54) is 0 Å². The Morgan fingerprint density at radius 3 is 2.74 bits per heavy atom. The third-order valence-electron chi connectivity index (χ3n) is 5.93. The van der Waals surface area contributed by atoms with Crippen molar-refractivity contribution in [2.75, 3.05) is 6.61 Å². The Kier molecular flexibility index (Phi) is 3.27. The molecule has 3 heterocycles. The number of aryl methyl sites for hydroxylation is 2. The van der Waals surface area contributed by atoms with Crippen LogP contribution in [0.25, 0.3) is 11.0 Å². The van der Waals surface area contributed by atoms with Crippen LogP contribution in [0.3, 0.4) is 0 Å². The van der Waals surface area contributed by atoms with Crippen LogP contribution in [0, 0.1) is 20.8 Å². The second-order valence-electron chi connectivity index (χ2n) is 7.71. The first-order valence-corrected chi connectivity index (χ1v) is 9.38. The van der Waals surface area contributed by atoms with Gasteiger partial charge in [-0.3, -0.25) is 0 Å². The first-order chi connectivity index (χ1) is 12.8. The highest BCUT2D eigenvalue weighted by Gasteiger charge is 2.54. The van der Waals surface area contributed by atoms with Crippen LogP contribution in [-0.4, -0.2) is 6.61 Å². The third kappa shape index (κ3) is 2.08. The zero-order chi connectivity index (χ0) is 19.1. The van der Waals surface area contributed by atoms with E-state index < -0.39 is 11.2 Å². The smallest absolute Gasteiger partial charge is 0.347 e. The first kappa shape index (κ1) is 16.7. The third-order valence-corrected chi connectivity index (χ3v) is 6.51. The SMILES string of the molecule is Cc1ccc2oc(=O)c3c(c2c1)OC[C@@H]1c2c(cc(C)c(Cl)c2C)O[C@]31C. The van der Waals surface area contributed by atoms with Crippen molar-refractivity contribution >= 4 is 22.6 Å². The van der Waals surface area contributed by atoms with Crippen molar-refractivity contribution < 1.29 is 13.9 Å². The normalized spacial score (nSPS) is 22.6. The predicted molar refractivity (Wildman–Crippen MR) is 104 cm³/mol. The number of halogens is 1. The largest absolute Gasteiger partial charge is 0.491 e. The van der Waals surface area contributed by atoms with Crippen LogP contribution < -0.4 is 15.1 Å². The van der Waals surface area contributed by atoms with Crippen molar-refractivity contribution in [2.24, 2.45) is 0 Å². The summed E-state index contributed by atoms with van der Waals surface area (Å²) in [7, 11) is 0. The van der Waals surface area contributed by atoms with Crippen LogP contribution in [0.4, 0.5) is 0 Å². The van der Waals surface area contributed by atoms with Gasteiger partial charge in [0.1, 0.15) is 22.6 Å². The lowest BCUT2D eigenvalue weighted by molar-refractivity contribution is 0.0403. The fourth-order valence-electron chi connectivity index (χ4n) is 4.53. The summed E-state index contributed by atoms with van der Waals surface area (Å²) in [5, 5.41) is 1.53. The van der Waals surface area contributed by atoms with Gasteiger partial charge in [0.25, 0.3) is 0 Å². The van der Waals surface area contributed by atoms with Crippen LogP contribution in [0.15, 0.2) is 33.5 Å². The maximum Gasteiger partial charge on any atom is 0.347 e. The van der Waals surface area contributed by atoms with Crippen molar-refractivity contribution in [3.8, 4) is 11.5 Å². The average molecular weight is 383 g/mol. The molecular formula is C22H19ClO4. The van der Waals surface area contributed by atoms with Crippen molar-refractivity contribution in [1.82, 2.24) is 0 Å². The summed E-state index contributed by atoms with van der Waals surface area (Å²) in [5.74, 6) is 1.21. The van der Waals surface area contributed by atoms with Gasteiger partial charge in [-0.25, -0.2) is 4.79 Å². The van der Waals surface area contributed by atoms with Gasteiger partial charge in [0.15, 0.2) is 5.60 Å². The van der Waals surface area contributed by atoms with Gasteiger partial charge in [0, 0.05) is 10.6 Å². The van der Waals surface area contributed by atoms with E-state index in [9.17, 15) is 4.79 Å². The van der Waals surface area contributed by atoms with Crippen molar-refractivity contribution in [1.29, 1.82) is 0 Å². The quantitative estimate of drug-likeness (QED) is 0.504. The summed E-state index contributed by atoms with van der Waals surface area (Å²) in [6.45, 7) is 8.31. The lowest BCUT2D eigenvalue weighted by Gasteiger charge is -2.36. The molecule has 0 unspecified atom stereocenters. The number of hydrogen-bond donors (Lipinski definition) is 0. The van der Waals surface area contributed by atoms with Gasteiger partial charge in [0.05, 0.1) is 17.9 Å². The van der Waals surface area contributed by atoms with E-state index in [4.69, 9.17) is 25.5 Å². The molecule has 0 saturated heterocycles. The molecule has 0 spiro atoms. The summed E-state index contributed by atoms with van der Waals surface area (Å²) in [6, 6.07) is 7.65. The van der Waals surface area contributed by atoms with E-state index >= 15 is 0 Å². The Labute approximate surface area is 161 Å². The average Bonchev–Trinajstić information content (AvgIpc) is 2.91. The lowest BCUT2D eigenvalue weighted by atomic mass is 9.78. The van der Waals surface area contributed by atoms with Crippen molar-refractivity contribution in [3.63, 3.8) is 0 Å². The monoisotopic (exact) mass is 382 g/mol. The van der Waals surface area contributed by atoms with E-state index in [0.717, 1.165) is 38.4 Å². The Bertz CT molecular complexity index is 1190. The van der Waals surface area contributed by atoms with Crippen LogP contribution in [0.1, 0.15) is 40.7 Å². The van der Waals surface area contributed by atoms with Gasteiger partial charge in [-0.05, 0) is 57.0 Å². The molecule has 27 heavy (non-hydrogen) atoms. The molecule has 0 fully saturated rings. The Balaban J connectivity index is 1.81. The predicted octanol–water partition coefficient (Wildman–Crippen LogP) is 5.16. The summed E-state index contributed by atoms with van der Waals surface area (Å²) in [6.07, 6.45) is 0. The van der Waals surface area contributed by atoms with Gasteiger partial charge in [0.2, 0.25) is 0 Å². The summed E-state index contributed by atoms with van der Waals surface area (Å²) >= 11 is 6.49. The van der Waals surface area contributed by atoms with Gasteiger partial charge < -0.3 is 13.9 Å². The van der Waals surface area contributed by atoms with E-state index in [-0.39, 0.29) is 5.92 Å². The molecule has 0 bridgehead atoms. The minimum absolute atomic E-state index is 0.122. The van der Waals surface area contributed by atoms with Crippen LogP contribution >= 0.6 is 11.6 Å². The lowest BCUT2D eigenvalue weighted by Crippen LogP contribution is -2.42. The molecule has 138 valence electrons. The van der Waals surface area contributed by atoms with Crippen molar-refractivity contribution in [3.05, 3.63) is 67.5 Å². The fourth-order valence-corrected chi connectivity index (χ4v) is 4.69. The van der Waals surface area contributed by atoms with E-state index in [0.29, 0.717) is 23.5 Å². The molecule has 1 aromatic heterocycles. The number of fused-ring (bicyclic) bond motifs is 7. The van der Waals surface area contributed by atoms with Crippen LogP contribution in [0.2, 0.25) is 5.02 Å². The van der Waals surface area contributed by atoms with E-state index in [2.05, 4.69) is 0 Å². The second-order valence-corrected chi connectivity index (χ2v) is 8.09. The topological polar surface area (TPSA) is 48.7 Å². The van der Waals surface area contributed by atoms with Gasteiger partial charge >= 0.3 is 5.63 Å². The standard InChI is InChI=1S/C22H19ClO4/c1-10-5-6-15-13(7-10)20-18(21(24)26-15)22(4)14(9-25-20)17-12(3)19(23)11(2)8-16(17)27-22/h5-8,14H,9H2,1-4H3/t14-,22+/m1/s1. The van der Waals surface area contributed by atoms with E-state index in [1.54, 1.807) is 0 Å². The second kappa shape index (κ2) is 5.29. The minimum atomic E-state index is -0.851. The number of benzene rings is 2. The molecule has 2 aliphatic heterocycles. The number of hydrogen-bond acceptors (Lipinski definition) is 4. The van der Waals surface area contributed by atoms with Gasteiger partial charge in [-0.1, -0.05) is 23.2 Å². The molecule has 2 atom stereocenters. The van der Waals surface area contributed by atoms with Crippen LogP contribution in [-0.2, 0) is 5.60 Å². The molecular weight excluding hydrogens is 364 g/mol. The zero-order valence-corrected chi connectivity index (χ0v) is 16.4. The van der Waals surface area contributed by atoms with Crippen molar-refractivity contribution in [2.45, 2.75) is 39.2 Å². The van der Waals surface area contributed by atoms with Gasteiger partial charge in [-0.15, -0.1) is 0 Å². The molecule has 0 amide bonds. The highest BCUT2D eigenvalue weighted by atomic mass is 35.5. The molecule has 5 rings (SSSR count). The van der Waals surface area contributed by atoms with Gasteiger partial charge in [-0.2, -0.15) is 0 Å². The van der Waals surface area contributed by atoms with E-state index in [1.807, 2.05) is 52.0 Å². The summed E-state index contributed by atoms with van der Waals surface area (Å²) in [4.78, 5) is 12.9. The zero-order valence-electron chi connectivity index (χ0n) is 15.6. The highest BCUT2D eigenvalue weighted by Crippen LogP contribution is 2.56. The molecule has 3 aromatic rings. The maximum atomic E-state index is 12.9. The number of ether oxygens (including phenoxy) is 2. The summed E-state index contributed by atoms with van der Waals surface area (Å²) in [5.41, 5.74) is 3.73. The fraction of sp³-hybridized carbons (Fsp3) is 0.318. The molecule has 2 aromatic carbocycles. The highest BCUT2D eigenvalue weighted by molar-refractivity contribution is 6.32. The summed E-state index contributed by atoms with van der Waals surface area (Å²) < 4.78 is 18.2. The Morgan fingerprint density at radius 2 is 1.96 bits per heavy atom. The molecule has 4 nitrogen and oxygen atoms in total. The molecule has 0 N–H and O–H groups in total. The maximum absolute atomic E-state index is 12.9. The Morgan fingerprint density at radius 1 is 1.19 bits per heavy atom. The Hall–Kier alpha value is -2.46. The number of rotatable bonds is 0. The molecule has 0 saturated carbocycles. The molecule has 2 aliphatic rings. The van der Waals surface area contributed by atoms with Crippen LogP contribution in [0.5, 0.6) is 11.5 Å². The first-order valence-electron chi connectivity index (χ1n) is 9.00. The molecule has 5 heteroatoms.